The van der Waals surface area contributed by atoms with Gasteiger partial charge in [-0.1, -0.05) is 18.2 Å². The predicted molar refractivity (Wildman–Crippen MR) is 103 cm³/mol. The first kappa shape index (κ1) is 17.2. The van der Waals surface area contributed by atoms with E-state index in [4.69, 9.17) is 0 Å². The average molecular weight is 369 g/mol. The highest BCUT2D eigenvalue weighted by Crippen LogP contribution is 2.32. The van der Waals surface area contributed by atoms with Crippen molar-refractivity contribution < 1.29 is 9.59 Å². The molecule has 0 saturated carbocycles. The van der Waals surface area contributed by atoms with E-state index in [0.717, 1.165) is 30.8 Å². The zero-order chi connectivity index (χ0) is 18.1. The first-order valence-corrected chi connectivity index (χ1v) is 9.95. The minimum Gasteiger partial charge on any atom is -0.354 e. The summed E-state index contributed by atoms with van der Waals surface area (Å²) in [5.74, 6) is -0.567. The number of hydrogen-bond acceptors (Lipinski definition) is 4. The van der Waals surface area contributed by atoms with Gasteiger partial charge < -0.3 is 10.6 Å². The molecule has 0 aliphatic carbocycles. The summed E-state index contributed by atoms with van der Waals surface area (Å²) in [5, 5.41) is 8.07. The summed E-state index contributed by atoms with van der Waals surface area (Å²) in [6.45, 7) is 4.72. The Balaban J connectivity index is 1.38. The first-order valence-electron chi connectivity index (χ1n) is 9.07. The fourth-order valence-electron chi connectivity index (χ4n) is 3.79. The van der Waals surface area contributed by atoms with E-state index >= 15 is 0 Å². The molecule has 3 heterocycles. The van der Waals surface area contributed by atoms with E-state index in [-0.39, 0.29) is 24.3 Å². The van der Waals surface area contributed by atoms with Gasteiger partial charge >= 0.3 is 0 Å². The summed E-state index contributed by atoms with van der Waals surface area (Å²) in [5.41, 5.74) is 3.06. The van der Waals surface area contributed by atoms with Crippen LogP contribution in [0.3, 0.4) is 0 Å². The van der Waals surface area contributed by atoms with Crippen LogP contribution in [0.5, 0.6) is 0 Å². The van der Waals surface area contributed by atoms with E-state index in [0.29, 0.717) is 6.54 Å². The third-order valence-electron chi connectivity index (χ3n) is 5.35. The number of carbonyl (C=O) groups is 2. The second-order valence-electron chi connectivity index (χ2n) is 7.08. The van der Waals surface area contributed by atoms with Gasteiger partial charge in [0, 0.05) is 42.7 Å². The normalized spacial score (nSPS) is 20.7. The maximum absolute atomic E-state index is 12.7. The molecule has 1 aromatic carbocycles. The molecule has 0 fully saturated rings. The summed E-state index contributed by atoms with van der Waals surface area (Å²) >= 11 is 1.84. The van der Waals surface area contributed by atoms with Gasteiger partial charge in [0.25, 0.3) is 0 Å². The zero-order valence-corrected chi connectivity index (χ0v) is 15.6. The number of rotatable bonds is 4. The smallest absolute Gasteiger partial charge is 0.228 e. The average Bonchev–Trinajstić information content (AvgIpc) is 3.12. The van der Waals surface area contributed by atoms with Crippen LogP contribution in [0.1, 0.15) is 35.3 Å². The molecule has 6 heteroatoms. The van der Waals surface area contributed by atoms with Gasteiger partial charge in [-0.25, -0.2) is 0 Å². The van der Waals surface area contributed by atoms with E-state index in [9.17, 15) is 9.59 Å². The lowest BCUT2D eigenvalue weighted by Crippen LogP contribution is -2.45. The van der Waals surface area contributed by atoms with Crippen molar-refractivity contribution in [3.8, 4) is 0 Å². The summed E-state index contributed by atoms with van der Waals surface area (Å²) in [4.78, 5) is 28.6. The number of hydrogen-bond donors (Lipinski definition) is 2. The molecule has 4 rings (SSSR count). The Labute approximate surface area is 157 Å². The molecule has 0 radical (unpaired) electrons. The maximum Gasteiger partial charge on any atom is 0.228 e. The van der Waals surface area contributed by atoms with Crippen LogP contribution in [-0.2, 0) is 22.6 Å². The number of thiophene rings is 1. The Morgan fingerprint density at radius 2 is 2.23 bits per heavy atom. The number of fused-ring (bicyclic) bond motifs is 2. The molecule has 136 valence electrons. The largest absolute Gasteiger partial charge is 0.354 e. The van der Waals surface area contributed by atoms with Crippen LogP contribution in [0.15, 0.2) is 35.7 Å². The standard InChI is InChI=1S/C20H23N3O2S/c1-13(23-8-6-18-14(12-23)7-9-26-18)11-21-20(25)16-10-19(24)22-17-5-3-2-4-15(16)17/h2-5,7,9,13,16H,6,8,10-12H2,1H3,(H,21,25)(H,22,24)/t13-,16+/m0/s1. The summed E-state index contributed by atoms with van der Waals surface area (Å²) in [7, 11) is 0. The van der Waals surface area contributed by atoms with Crippen LogP contribution in [0, 0.1) is 0 Å². The SMILES string of the molecule is C[C@@H](CNC(=O)[C@@H]1CC(=O)Nc2ccccc21)N1CCc2sccc2C1. The number of para-hydroxylation sites is 1. The molecule has 2 atom stereocenters. The van der Waals surface area contributed by atoms with Gasteiger partial charge in [-0.3, -0.25) is 14.5 Å². The number of nitrogens with one attached hydrogen (secondary N) is 2. The van der Waals surface area contributed by atoms with E-state index in [2.05, 4.69) is 33.9 Å². The van der Waals surface area contributed by atoms with Crippen molar-refractivity contribution in [3.63, 3.8) is 0 Å². The molecular formula is C20H23N3O2S. The molecule has 2 aliphatic heterocycles. The molecule has 2 aromatic rings. The molecule has 26 heavy (non-hydrogen) atoms. The van der Waals surface area contributed by atoms with Crippen molar-refractivity contribution in [2.24, 2.45) is 0 Å². The van der Waals surface area contributed by atoms with E-state index in [1.807, 2.05) is 35.6 Å². The van der Waals surface area contributed by atoms with Gasteiger partial charge in [0.1, 0.15) is 0 Å². The van der Waals surface area contributed by atoms with Crippen LogP contribution in [0.4, 0.5) is 5.69 Å². The number of carbonyl (C=O) groups excluding carboxylic acids is 2. The van der Waals surface area contributed by atoms with Gasteiger partial charge in [-0.05, 0) is 42.0 Å². The first-order chi connectivity index (χ1) is 12.6. The van der Waals surface area contributed by atoms with Crippen LogP contribution in [0.2, 0.25) is 0 Å². The van der Waals surface area contributed by atoms with Crippen molar-refractivity contribution >= 4 is 28.8 Å². The summed E-state index contributed by atoms with van der Waals surface area (Å²) in [6.07, 6.45) is 1.29. The third kappa shape index (κ3) is 3.39. The Hall–Kier alpha value is -2.18. The van der Waals surface area contributed by atoms with Crippen molar-refractivity contribution in [2.75, 3.05) is 18.4 Å². The lowest BCUT2D eigenvalue weighted by Gasteiger charge is -2.33. The predicted octanol–water partition coefficient (Wildman–Crippen LogP) is 2.74. The van der Waals surface area contributed by atoms with Crippen molar-refractivity contribution in [1.29, 1.82) is 0 Å². The highest BCUT2D eigenvalue weighted by Gasteiger charge is 2.31. The molecule has 0 bridgehead atoms. The van der Waals surface area contributed by atoms with Crippen LogP contribution < -0.4 is 10.6 Å². The highest BCUT2D eigenvalue weighted by molar-refractivity contribution is 7.10. The Kier molecular flexibility index (Phi) is 4.78. The molecule has 5 nitrogen and oxygen atoms in total. The van der Waals surface area contributed by atoms with Crippen molar-refractivity contribution in [1.82, 2.24) is 10.2 Å². The second-order valence-corrected chi connectivity index (χ2v) is 8.08. The lowest BCUT2D eigenvalue weighted by atomic mass is 9.90. The summed E-state index contributed by atoms with van der Waals surface area (Å²) in [6, 6.07) is 10.0. The van der Waals surface area contributed by atoms with Gasteiger partial charge in [0.2, 0.25) is 11.8 Å². The van der Waals surface area contributed by atoms with E-state index in [1.165, 1.54) is 10.4 Å². The Morgan fingerprint density at radius 1 is 1.38 bits per heavy atom. The molecule has 0 spiro atoms. The van der Waals surface area contributed by atoms with E-state index in [1.54, 1.807) is 0 Å². The van der Waals surface area contributed by atoms with Crippen molar-refractivity contribution in [3.05, 3.63) is 51.7 Å². The molecule has 1 aromatic heterocycles. The molecule has 2 amide bonds. The minimum atomic E-state index is -0.406. The number of benzene rings is 1. The lowest BCUT2D eigenvalue weighted by molar-refractivity contribution is -0.126. The van der Waals surface area contributed by atoms with Gasteiger partial charge in [0.15, 0.2) is 0 Å². The van der Waals surface area contributed by atoms with Crippen LogP contribution >= 0.6 is 11.3 Å². The maximum atomic E-state index is 12.7. The van der Waals surface area contributed by atoms with Gasteiger partial charge in [-0.15, -0.1) is 11.3 Å². The Morgan fingerprint density at radius 3 is 3.12 bits per heavy atom. The topological polar surface area (TPSA) is 61.4 Å². The second kappa shape index (κ2) is 7.21. The number of amides is 2. The number of nitrogens with zero attached hydrogens (tertiary/aromatic N) is 1. The quantitative estimate of drug-likeness (QED) is 0.871. The van der Waals surface area contributed by atoms with Gasteiger partial charge in [0.05, 0.1) is 5.92 Å². The molecular weight excluding hydrogens is 346 g/mol. The minimum absolute atomic E-state index is 0.0626. The fraction of sp³-hybridized carbons (Fsp3) is 0.400. The van der Waals surface area contributed by atoms with Gasteiger partial charge in [-0.2, -0.15) is 0 Å². The molecule has 0 saturated heterocycles. The Bertz CT molecular complexity index is 832. The summed E-state index contributed by atoms with van der Waals surface area (Å²) < 4.78 is 0. The van der Waals surface area contributed by atoms with Crippen LogP contribution in [0.25, 0.3) is 0 Å². The monoisotopic (exact) mass is 369 g/mol. The molecule has 0 unspecified atom stereocenters. The van der Waals surface area contributed by atoms with Crippen LogP contribution in [-0.4, -0.2) is 35.8 Å². The van der Waals surface area contributed by atoms with Crippen molar-refractivity contribution in [2.45, 2.75) is 38.3 Å². The molecule has 2 aliphatic rings. The third-order valence-corrected chi connectivity index (χ3v) is 6.37. The molecule has 2 N–H and O–H groups in total. The van der Waals surface area contributed by atoms with E-state index < -0.39 is 5.92 Å². The fourth-order valence-corrected chi connectivity index (χ4v) is 4.68. The zero-order valence-electron chi connectivity index (χ0n) is 14.8. The number of anilines is 1. The highest BCUT2D eigenvalue weighted by atomic mass is 32.1.